The van der Waals surface area contributed by atoms with E-state index in [0.717, 1.165) is 11.1 Å². The zero-order chi connectivity index (χ0) is 30.0. The Kier molecular flexibility index (Phi) is 9.22. The Labute approximate surface area is 264 Å². The number of carbonyl (C=O) groups excluding carboxylic acids is 1. The minimum absolute atomic E-state index is 0.197. The molecule has 0 bridgehead atoms. The molecule has 0 aliphatic carbocycles. The second kappa shape index (κ2) is 12.9. The molecule has 216 valence electrons. The maximum absolute atomic E-state index is 13.9. The van der Waals surface area contributed by atoms with Gasteiger partial charge in [-0.3, -0.25) is 9.36 Å². The average Bonchev–Trinajstić information content (AvgIpc) is 3.27. The minimum Gasteiger partial charge on any atom is -0.496 e. The first kappa shape index (κ1) is 30.1. The predicted octanol–water partition coefficient (Wildman–Crippen LogP) is 6.46. The van der Waals surface area contributed by atoms with Crippen LogP contribution in [0.25, 0.3) is 6.08 Å². The molecule has 0 radical (unpaired) electrons. The number of halogens is 3. The molecule has 11 heteroatoms. The molecule has 5 rings (SSSR count). The Hall–Kier alpha value is -3.37. The first-order valence-corrected chi connectivity index (χ1v) is 15.3. The molecule has 0 saturated heterocycles. The number of fused-ring (bicyclic) bond motifs is 1. The molecule has 1 aliphatic heterocycles. The summed E-state index contributed by atoms with van der Waals surface area (Å²) in [6, 6.07) is 17.5. The van der Waals surface area contributed by atoms with E-state index in [-0.39, 0.29) is 12.2 Å². The number of allylic oxidation sites excluding steroid dienone is 1. The largest absolute Gasteiger partial charge is 0.496 e. The van der Waals surface area contributed by atoms with E-state index in [4.69, 9.17) is 37.4 Å². The fraction of sp³-hybridized carbons (Fsp3) is 0.194. The SMILES string of the molecule is CCOC(=O)C1=C(C)N=c2s/c(=C/c3cccc(OCc4ccc(Cl)c(Cl)c4)c3)c(=O)n2[C@H]1c1ccc(OC)c(Br)c1. The molecule has 1 aromatic heterocycles. The third kappa shape index (κ3) is 6.20. The van der Waals surface area contributed by atoms with E-state index >= 15 is 0 Å². The Morgan fingerprint density at radius 1 is 1.12 bits per heavy atom. The van der Waals surface area contributed by atoms with Gasteiger partial charge >= 0.3 is 5.97 Å². The van der Waals surface area contributed by atoms with Crippen molar-refractivity contribution in [3.05, 3.63) is 123 Å². The number of carbonyl (C=O) groups is 1. The van der Waals surface area contributed by atoms with Crippen molar-refractivity contribution in [2.24, 2.45) is 4.99 Å². The van der Waals surface area contributed by atoms with Gasteiger partial charge in [-0.25, -0.2) is 9.79 Å². The number of rotatable bonds is 8. The number of aromatic nitrogens is 1. The van der Waals surface area contributed by atoms with Gasteiger partial charge in [0.1, 0.15) is 18.1 Å². The predicted molar refractivity (Wildman–Crippen MR) is 168 cm³/mol. The van der Waals surface area contributed by atoms with Crippen LogP contribution in [-0.4, -0.2) is 24.3 Å². The molecule has 0 unspecified atom stereocenters. The fourth-order valence-corrected chi connectivity index (χ4v) is 6.53. The quantitative estimate of drug-likeness (QED) is 0.199. The molecule has 0 spiro atoms. The Morgan fingerprint density at radius 2 is 1.93 bits per heavy atom. The monoisotopic (exact) mass is 686 g/mol. The molecule has 7 nitrogen and oxygen atoms in total. The first-order chi connectivity index (χ1) is 20.2. The van der Waals surface area contributed by atoms with E-state index in [9.17, 15) is 9.59 Å². The maximum Gasteiger partial charge on any atom is 0.338 e. The molecule has 0 fully saturated rings. The second-order valence-corrected chi connectivity index (χ2v) is 12.0. The van der Waals surface area contributed by atoms with Crippen LogP contribution in [0.4, 0.5) is 0 Å². The highest BCUT2D eigenvalue weighted by Crippen LogP contribution is 2.35. The number of hydrogen-bond acceptors (Lipinski definition) is 7. The number of benzene rings is 3. The summed E-state index contributed by atoms with van der Waals surface area (Å²) in [6.07, 6.45) is 1.79. The van der Waals surface area contributed by atoms with Crippen LogP contribution in [0.5, 0.6) is 11.5 Å². The smallest absolute Gasteiger partial charge is 0.338 e. The molecule has 2 heterocycles. The number of thiazole rings is 1. The number of nitrogens with zero attached hydrogens (tertiary/aromatic N) is 2. The number of esters is 1. The van der Waals surface area contributed by atoms with E-state index in [1.165, 1.54) is 11.3 Å². The van der Waals surface area contributed by atoms with Crippen molar-refractivity contribution >= 4 is 62.5 Å². The molecule has 42 heavy (non-hydrogen) atoms. The highest BCUT2D eigenvalue weighted by Gasteiger charge is 2.33. The molecular formula is C31H25BrCl2N2O5S. The Balaban J connectivity index is 1.54. The van der Waals surface area contributed by atoms with Crippen LogP contribution < -0.4 is 24.4 Å². The van der Waals surface area contributed by atoms with Crippen molar-refractivity contribution in [3.63, 3.8) is 0 Å². The van der Waals surface area contributed by atoms with Crippen LogP contribution in [0.2, 0.25) is 10.0 Å². The van der Waals surface area contributed by atoms with Crippen LogP contribution in [0.1, 0.15) is 36.6 Å². The number of methoxy groups -OCH3 is 1. The lowest BCUT2D eigenvalue weighted by molar-refractivity contribution is -0.139. The minimum atomic E-state index is -0.731. The molecule has 1 aliphatic rings. The lowest BCUT2D eigenvalue weighted by atomic mass is 9.96. The normalized spacial score (nSPS) is 14.8. The third-order valence-corrected chi connectivity index (χ3v) is 8.90. The van der Waals surface area contributed by atoms with Gasteiger partial charge in [-0.05, 0) is 88.9 Å². The highest BCUT2D eigenvalue weighted by molar-refractivity contribution is 9.10. The molecule has 0 saturated carbocycles. The van der Waals surface area contributed by atoms with Gasteiger partial charge in [-0.15, -0.1) is 0 Å². The molecule has 0 N–H and O–H groups in total. The summed E-state index contributed by atoms with van der Waals surface area (Å²) >= 11 is 16.9. The summed E-state index contributed by atoms with van der Waals surface area (Å²) in [7, 11) is 1.57. The van der Waals surface area contributed by atoms with Crippen molar-refractivity contribution in [2.45, 2.75) is 26.5 Å². The van der Waals surface area contributed by atoms with Gasteiger partial charge in [0.05, 0.1) is 50.1 Å². The maximum atomic E-state index is 13.9. The molecule has 3 aromatic carbocycles. The van der Waals surface area contributed by atoms with E-state index in [2.05, 4.69) is 20.9 Å². The molecular weight excluding hydrogens is 663 g/mol. The average molecular weight is 688 g/mol. The summed E-state index contributed by atoms with van der Waals surface area (Å²) in [6.45, 7) is 3.99. The lowest BCUT2D eigenvalue weighted by Gasteiger charge is -2.25. The van der Waals surface area contributed by atoms with E-state index in [1.54, 1.807) is 49.8 Å². The Morgan fingerprint density at radius 3 is 2.64 bits per heavy atom. The van der Waals surface area contributed by atoms with Crippen molar-refractivity contribution in [1.82, 2.24) is 4.57 Å². The van der Waals surface area contributed by atoms with Crippen LogP contribution in [-0.2, 0) is 16.1 Å². The summed E-state index contributed by atoms with van der Waals surface area (Å²) in [5.41, 5.74) is 2.90. The summed E-state index contributed by atoms with van der Waals surface area (Å²) in [5.74, 6) is 0.742. The van der Waals surface area contributed by atoms with E-state index in [1.807, 2.05) is 42.5 Å². The van der Waals surface area contributed by atoms with Gasteiger partial charge in [0.15, 0.2) is 4.80 Å². The van der Waals surface area contributed by atoms with Crippen LogP contribution in [0, 0.1) is 0 Å². The zero-order valence-electron chi connectivity index (χ0n) is 22.8. The Bertz CT molecular complexity index is 1900. The van der Waals surface area contributed by atoms with Gasteiger partial charge in [-0.2, -0.15) is 0 Å². The zero-order valence-corrected chi connectivity index (χ0v) is 26.7. The fourth-order valence-electron chi connectivity index (χ4n) is 4.60. The second-order valence-electron chi connectivity index (χ2n) is 9.31. The molecule has 1 atom stereocenters. The van der Waals surface area contributed by atoms with Crippen LogP contribution >= 0.6 is 50.5 Å². The summed E-state index contributed by atoms with van der Waals surface area (Å²) < 4.78 is 19.4. The van der Waals surface area contributed by atoms with Crippen molar-refractivity contribution in [2.75, 3.05) is 13.7 Å². The topological polar surface area (TPSA) is 79.1 Å². The van der Waals surface area contributed by atoms with Gasteiger partial charge in [0.2, 0.25) is 0 Å². The number of ether oxygens (including phenoxy) is 3. The van der Waals surface area contributed by atoms with Crippen LogP contribution in [0.3, 0.4) is 0 Å². The molecule has 0 amide bonds. The van der Waals surface area contributed by atoms with Crippen molar-refractivity contribution < 1.29 is 19.0 Å². The van der Waals surface area contributed by atoms with Gasteiger partial charge in [0.25, 0.3) is 5.56 Å². The van der Waals surface area contributed by atoms with Gasteiger partial charge < -0.3 is 14.2 Å². The van der Waals surface area contributed by atoms with E-state index < -0.39 is 12.0 Å². The summed E-state index contributed by atoms with van der Waals surface area (Å²) in [5, 5.41) is 0.943. The lowest BCUT2D eigenvalue weighted by Crippen LogP contribution is -2.39. The van der Waals surface area contributed by atoms with Gasteiger partial charge in [-0.1, -0.05) is 58.8 Å². The highest BCUT2D eigenvalue weighted by atomic mass is 79.9. The third-order valence-electron chi connectivity index (χ3n) is 6.55. The number of hydrogen-bond donors (Lipinski definition) is 0. The molecule has 4 aromatic rings. The van der Waals surface area contributed by atoms with Gasteiger partial charge in [0, 0.05) is 0 Å². The van der Waals surface area contributed by atoms with Crippen molar-refractivity contribution in [1.29, 1.82) is 0 Å². The van der Waals surface area contributed by atoms with Crippen molar-refractivity contribution in [3.8, 4) is 11.5 Å². The standard InChI is InChI=1S/C31H25BrCl2N2O5S/c1-4-40-30(38)27-17(2)35-31-36(28(27)20-9-11-25(39-3)22(32)15-20)29(37)26(42-31)14-18-6-5-7-21(12-18)41-16-19-8-10-23(33)24(34)13-19/h5-15,28H,4,16H2,1-3H3/b26-14+/t28-/m0/s1. The first-order valence-electron chi connectivity index (χ1n) is 12.9. The summed E-state index contributed by atoms with van der Waals surface area (Å²) in [4.78, 5) is 32.2. The van der Waals surface area contributed by atoms with Crippen LogP contribution in [0.15, 0.2) is 86.2 Å². The van der Waals surface area contributed by atoms with E-state index in [0.29, 0.717) is 58.8 Å².